The van der Waals surface area contributed by atoms with Crippen molar-refractivity contribution in [3.8, 4) is 0 Å². The number of aromatic nitrogens is 2. The molecule has 0 spiro atoms. The van der Waals surface area contributed by atoms with Crippen molar-refractivity contribution >= 4 is 27.5 Å². The van der Waals surface area contributed by atoms with Crippen LogP contribution in [0.1, 0.15) is 21.5 Å². The Kier molecular flexibility index (Phi) is 4.57. The zero-order chi connectivity index (χ0) is 16.2. The van der Waals surface area contributed by atoms with Gasteiger partial charge in [-0.05, 0) is 42.3 Å². The number of hydrogen-bond acceptors (Lipinski definition) is 2. The average molecular weight is 370 g/mol. The highest BCUT2D eigenvalue weighted by atomic mass is 79.9. The number of nitrogens with one attached hydrogen (secondary N) is 1. The summed E-state index contributed by atoms with van der Waals surface area (Å²) < 4.78 is 2.76. The fourth-order valence-corrected chi connectivity index (χ4v) is 2.55. The van der Waals surface area contributed by atoms with Crippen molar-refractivity contribution in [2.75, 3.05) is 5.32 Å². The van der Waals surface area contributed by atoms with Crippen LogP contribution in [0.25, 0.3) is 0 Å². The van der Waals surface area contributed by atoms with E-state index in [1.807, 2.05) is 35.1 Å². The van der Waals surface area contributed by atoms with Gasteiger partial charge in [0.2, 0.25) is 0 Å². The number of nitrogens with zero attached hydrogens (tertiary/aromatic N) is 2. The second kappa shape index (κ2) is 6.79. The van der Waals surface area contributed by atoms with E-state index in [-0.39, 0.29) is 5.91 Å². The lowest BCUT2D eigenvalue weighted by molar-refractivity contribution is 0.102. The molecule has 0 saturated carbocycles. The Labute approximate surface area is 143 Å². The molecule has 0 saturated heterocycles. The number of aryl methyl sites for hydroxylation is 1. The van der Waals surface area contributed by atoms with E-state index in [2.05, 4.69) is 45.4 Å². The average Bonchev–Trinajstić information content (AvgIpc) is 2.97. The fourth-order valence-electron chi connectivity index (χ4n) is 2.28. The zero-order valence-electron chi connectivity index (χ0n) is 12.7. The Hall–Kier alpha value is -2.40. The van der Waals surface area contributed by atoms with Gasteiger partial charge in [-0.1, -0.05) is 40.2 Å². The van der Waals surface area contributed by atoms with Gasteiger partial charge in [0.05, 0.1) is 18.4 Å². The second-order valence-electron chi connectivity index (χ2n) is 5.31. The summed E-state index contributed by atoms with van der Waals surface area (Å²) in [7, 11) is 0. The van der Waals surface area contributed by atoms with Gasteiger partial charge >= 0.3 is 0 Å². The minimum atomic E-state index is -0.145. The third-order valence-corrected chi connectivity index (χ3v) is 4.12. The number of carbonyl (C=O) groups excluding carboxylic acids is 1. The van der Waals surface area contributed by atoms with Crippen molar-refractivity contribution in [1.82, 2.24) is 9.78 Å². The van der Waals surface area contributed by atoms with Crippen LogP contribution in [0.5, 0.6) is 0 Å². The summed E-state index contributed by atoms with van der Waals surface area (Å²) in [6, 6.07) is 15.4. The Bertz CT molecular complexity index is 824. The van der Waals surface area contributed by atoms with E-state index in [0.29, 0.717) is 17.8 Å². The molecule has 0 bridgehead atoms. The summed E-state index contributed by atoms with van der Waals surface area (Å²) in [4.78, 5) is 12.2. The first kappa shape index (κ1) is 15.5. The molecule has 23 heavy (non-hydrogen) atoms. The summed E-state index contributed by atoms with van der Waals surface area (Å²) in [6.07, 6.45) is 3.50. The Balaban J connectivity index is 1.68. The van der Waals surface area contributed by atoms with Gasteiger partial charge < -0.3 is 5.32 Å². The smallest absolute Gasteiger partial charge is 0.255 e. The maximum absolute atomic E-state index is 12.2. The maximum atomic E-state index is 12.2. The standard InChI is InChI=1S/C18H16BrN3O/c1-13-4-2-3-5-15(13)11-22-12-17(10-20-22)21-18(23)14-6-8-16(19)9-7-14/h2-10,12H,11H2,1H3,(H,21,23). The highest BCUT2D eigenvalue weighted by molar-refractivity contribution is 9.10. The van der Waals surface area contributed by atoms with Crippen LogP contribution in [0.3, 0.4) is 0 Å². The lowest BCUT2D eigenvalue weighted by Gasteiger charge is -2.05. The molecular formula is C18H16BrN3O. The Morgan fingerprint density at radius 1 is 1.17 bits per heavy atom. The summed E-state index contributed by atoms with van der Waals surface area (Å²) in [5, 5.41) is 7.17. The summed E-state index contributed by atoms with van der Waals surface area (Å²) in [5.41, 5.74) is 3.73. The van der Waals surface area contributed by atoms with Gasteiger partial charge in [-0.2, -0.15) is 5.10 Å². The summed E-state index contributed by atoms with van der Waals surface area (Å²) in [5.74, 6) is -0.145. The molecule has 1 aromatic heterocycles. The topological polar surface area (TPSA) is 46.9 Å². The van der Waals surface area contributed by atoms with Gasteiger partial charge in [-0.3, -0.25) is 9.48 Å². The van der Waals surface area contributed by atoms with Crippen LogP contribution < -0.4 is 5.32 Å². The SMILES string of the molecule is Cc1ccccc1Cn1cc(NC(=O)c2ccc(Br)cc2)cn1. The zero-order valence-corrected chi connectivity index (χ0v) is 14.2. The van der Waals surface area contributed by atoms with E-state index in [1.165, 1.54) is 11.1 Å². The van der Waals surface area contributed by atoms with Crippen molar-refractivity contribution in [2.45, 2.75) is 13.5 Å². The third kappa shape index (κ3) is 3.87. The van der Waals surface area contributed by atoms with Crippen molar-refractivity contribution in [3.05, 3.63) is 82.1 Å². The second-order valence-corrected chi connectivity index (χ2v) is 6.23. The molecule has 0 aliphatic carbocycles. The van der Waals surface area contributed by atoms with E-state index in [1.54, 1.807) is 18.3 Å². The molecule has 1 N–H and O–H groups in total. The largest absolute Gasteiger partial charge is 0.319 e. The molecule has 3 rings (SSSR count). The molecule has 2 aromatic carbocycles. The highest BCUT2D eigenvalue weighted by Gasteiger charge is 2.08. The van der Waals surface area contributed by atoms with E-state index in [9.17, 15) is 4.79 Å². The number of amides is 1. The van der Waals surface area contributed by atoms with Crippen LogP contribution in [-0.4, -0.2) is 15.7 Å². The van der Waals surface area contributed by atoms with Gasteiger partial charge in [-0.15, -0.1) is 0 Å². The quantitative estimate of drug-likeness (QED) is 0.746. The number of rotatable bonds is 4. The first-order valence-corrected chi connectivity index (χ1v) is 8.05. The van der Waals surface area contributed by atoms with E-state index < -0.39 is 0 Å². The third-order valence-electron chi connectivity index (χ3n) is 3.59. The molecule has 5 heteroatoms. The maximum Gasteiger partial charge on any atom is 0.255 e. The molecule has 1 heterocycles. The van der Waals surface area contributed by atoms with Crippen LogP contribution in [0.15, 0.2) is 65.4 Å². The van der Waals surface area contributed by atoms with Crippen LogP contribution >= 0.6 is 15.9 Å². The molecule has 0 aliphatic rings. The lowest BCUT2D eigenvalue weighted by Crippen LogP contribution is -2.11. The summed E-state index contributed by atoms with van der Waals surface area (Å²) in [6.45, 7) is 2.76. The van der Waals surface area contributed by atoms with E-state index in [4.69, 9.17) is 0 Å². The van der Waals surface area contributed by atoms with Crippen molar-refractivity contribution in [2.24, 2.45) is 0 Å². The van der Waals surface area contributed by atoms with Crippen molar-refractivity contribution < 1.29 is 4.79 Å². The number of hydrogen-bond donors (Lipinski definition) is 1. The molecule has 0 aliphatic heterocycles. The predicted octanol–water partition coefficient (Wildman–Crippen LogP) is 4.25. The first-order valence-electron chi connectivity index (χ1n) is 7.26. The van der Waals surface area contributed by atoms with Gasteiger partial charge in [0, 0.05) is 16.2 Å². The molecule has 0 fully saturated rings. The van der Waals surface area contributed by atoms with Gasteiger partial charge in [0.15, 0.2) is 0 Å². The molecule has 1 amide bonds. The highest BCUT2D eigenvalue weighted by Crippen LogP contribution is 2.14. The van der Waals surface area contributed by atoms with Crippen LogP contribution in [-0.2, 0) is 6.54 Å². The monoisotopic (exact) mass is 369 g/mol. The van der Waals surface area contributed by atoms with Gasteiger partial charge in [-0.25, -0.2) is 0 Å². The van der Waals surface area contributed by atoms with Gasteiger partial charge in [0.25, 0.3) is 5.91 Å². The van der Waals surface area contributed by atoms with E-state index in [0.717, 1.165) is 4.47 Å². The molecule has 0 atom stereocenters. The van der Waals surface area contributed by atoms with Crippen molar-refractivity contribution in [3.63, 3.8) is 0 Å². The molecule has 0 unspecified atom stereocenters. The molecular weight excluding hydrogens is 354 g/mol. The Morgan fingerprint density at radius 2 is 1.91 bits per heavy atom. The normalized spacial score (nSPS) is 10.5. The molecule has 3 aromatic rings. The number of halogens is 1. The number of carbonyl (C=O) groups is 1. The number of anilines is 1. The molecule has 4 nitrogen and oxygen atoms in total. The number of benzene rings is 2. The Morgan fingerprint density at radius 3 is 2.65 bits per heavy atom. The van der Waals surface area contributed by atoms with Crippen LogP contribution in [0, 0.1) is 6.92 Å². The fraction of sp³-hybridized carbons (Fsp3) is 0.111. The van der Waals surface area contributed by atoms with Gasteiger partial charge in [0.1, 0.15) is 0 Å². The minimum Gasteiger partial charge on any atom is -0.319 e. The molecule has 116 valence electrons. The van der Waals surface area contributed by atoms with Crippen LogP contribution in [0.4, 0.5) is 5.69 Å². The first-order chi connectivity index (χ1) is 11.1. The predicted molar refractivity (Wildman–Crippen MR) is 94.6 cm³/mol. The molecule has 0 radical (unpaired) electrons. The van der Waals surface area contributed by atoms with Crippen LogP contribution in [0.2, 0.25) is 0 Å². The minimum absolute atomic E-state index is 0.145. The van der Waals surface area contributed by atoms with Crippen molar-refractivity contribution in [1.29, 1.82) is 0 Å². The summed E-state index contributed by atoms with van der Waals surface area (Å²) >= 11 is 3.36. The lowest BCUT2D eigenvalue weighted by atomic mass is 10.1. The van der Waals surface area contributed by atoms with E-state index >= 15 is 0 Å².